The molecule has 114 valence electrons. The smallest absolute Gasteiger partial charge is 0.223 e. The van der Waals surface area contributed by atoms with Crippen LogP contribution >= 0.6 is 11.6 Å². The quantitative estimate of drug-likeness (QED) is 0.838. The molecule has 0 aromatic heterocycles. The van der Waals surface area contributed by atoms with Crippen LogP contribution in [0.4, 0.5) is 5.69 Å². The van der Waals surface area contributed by atoms with Gasteiger partial charge in [-0.05, 0) is 37.0 Å². The number of benzene rings is 1. The number of carbonyl (C=O) groups is 1. The van der Waals surface area contributed by atoms with Gasteiger partial charge in [-0.2, -0.15) is 0 Å². The first-order valence-electron chi connectivity index (χ1n) is 7.35. The average Bonchev–Trinajstić information content (AvgIpc) is 2.89. The highest BCUT2D eigenvalue weighted by atomic mass is 35.5. The summed E-state index contributed by atoms with van der Waals surface area (Å²) in [6.45, 7) is 3.93. The van der Waals surface area contributed by atoms with Crippen LogP contribution in [0.5, 0.6) is 0 Å². The average molecular weight is 327 g/mol. The normalized spacial score (nSPS) is 20.4. The topological polar surface area (TPSA) is 40.6 Å². The Kier molecular flexibility index (Phi) is 4.33. The number of anilines is 1. The van der Waals surface area contributed by atoms with Gasteiger partial charge in [0.05, 0.1) is 9.92 Å². The van der Waals surface area contributed by atoms with Gasteiger partial charge in [-0.1, -0.05) is 18.0 Å². The number of fused-ring (bicyclic) bond motifs is 1. The molecule has 3 rings (SSSR count). The minimum atomic E-state index is -1.24. The van der Waals surface area contributed by atoms with E-state index in [2.05, 4.69) is 0 Å². The maximum Gasteiger partial charge on any atom is 0.223 e. The van der Waals surface area contributed by atoms with Crippen molar-refractivity contribution >= 4 is 34.2 Å². The Morgan fingerprint density at radius 1 is 1.19 bits per heavy atom. The van der Waals surface area contributed by atoms with Crippen LogP contribution < -0.4 is 4.90 Å². The van der Waals surface area contributed by atoms with Crippen molar-refractivity contribution in [1.29, 1.82) is 0 Å². The molecule has 0 spiro atoms. The van der Waals surface area contributed by atoms with Gasteiger partial charge in [-0.3, -0.25) is 4.79 Å². The van der Waals surface area contributed by atoms with E-state index in [-0.39, 0.29) is 5.91 Å². The molecule has 6 heteroatoms. The summed E-state index contributed by atoms with van der Waals surface area (Å²) in [4.78, 5) is 14.1. The number of piperidine rings is 1. The Labute approximate surface area is 132 Å². The highest BCUT2D eigenvalue weighted by Gasteiger charge is 2.27. The Morgan fingerprint density at radius 2 is 1.90 bits per heavy atom. The SMILES string of the molecule is CC(=O)N1CCc2cc(Cl)c(S(=O)N3CCCCC3)cc21. The molecule has 1 fully saturated rings. The molecule has 1 aromatic carbocycles. The van der Waals surface area contributed by atoms with Crippen LogP contribution in [0, 0.1) is 0 Å². The molecule has 0 N–H and O–H groups in total. The van der Waals surface area contributed by atoms with Gasteiger partial charge in [0.15, 0.2) is 0 Å². The molecular formula is C15H19ClN2O2S. The van der Waals surface area contributed by atoms with Crippen molar-refractivity contribution in [2.45, 2.75) is 37.5 Å². The van der Waals surface area contributed by atoms with Crippen molar-refractivity contribution < 1.29 is 9.00 Å². The fraction of sp³-hybridized carbons (Fsp3) is 0.533. The van der Waals surface area contributed by atoms with Crippen LogP contribution in [0.2, 0.25) is 5.02 Å². The van der Waals surface area contributed by atoms with Crippen LogP contribution in [-0.4, -0.2) is 34.1 Å². The van der Waals surface area contributed by atoms with E-state index in [1.165, 1.54) is 6.42 Å². The predicted octanol–water partition coefficient (Wildman–Crippen LogP) is 2.76. The zero-order valence-electron chi connectivity index (χ0n) is 12.1. The van der Waals surface area contributed by atoms with E-state index >= 15 is 0 Å². The van der Waals surface area contributed by atoms with Crippen molar-refractivity contribution in [2.24, 2.45) is 0 Å². The number of rotatable bonds is 2. The van der Waals surface area contributed by atoms with E-state index in [1.54, 1.807) is 11.8 Å². The standard InChI is InChI=1S/C15H19ClN2O2S/c1-11(19)18-8-5-12-9-13(16)15(10-14(12)18)21(20)17-6-3-2-4-7-17/h9-10H,2-8H2,1H3. The molecular weight excluding hydrogens is 308 g/mol. The maximum atomic E-state index is 12.7. The fourth-order valence-electron chi connectivity index (χ4n) is 3.02. The zero-order chi connectivity index (χ0) is 15.0. The third kappa shape index (κ3) is 2.87. The number of halogens is 1. The van der Waals surface area contributed by atoms with Crippen molar-refractivity contribution in [2.75, 3.05) is 24.5 Å². The lowest BCUT2D eigenvalue weighted by Crippen LogP contribution is -2.32. The number of nitrogens with zero attached hydrogens (tertiary/aromatic N) is 2. The van der Waals surface area contributed by atoms with Gasteiger partial charge in [-0.15, -0.1) is 0 Å². The van der Waals surface area contributed by atoms with Crippen molar-refractivity contribution in [3.63, 3.8) is 0 Å². The minimum absolute atomic E-state index is 0.0192. The third-order valence-corrected chi connectivity index (χ3v) is 6.12. The molecule has 0 bridgehead atoms. The highest BCUT2D eigenvalue weighted by molar-refractivity contribution is 7.82. The molecule has 1 aromatic rings. The minimum Gasteiger partial charge on any atom is -0.312 e. The molecule has 0 radical (unpaired) electrons. The van der Waals surface area contributed by atoms with E-state index in [1.807, 2.05) is 16.4 Å². The Balaban J connectivity index is 1.94. The lowest BCUT2D eigenvalue weighted by molar-refractivity contribution is -0.116. The van der Waals surface area contributed by atoms with E-state index in [9.17, 15) is 9.00 Å². The molecule has 1 amide bonds. The summed E-state index contributed by atoms with van der Waals surface area (Å²) in [5.74, 6) is 0.0192. The molecule has 2 aliphatic rings. The van der Waals surface area contributed by atoms with Crippen molar-refractivity contribution in [1.82, 2.24) is 4.31 Å². The second-order valence-electron chi connectivity index (χ2n) is 5.57. The lowest BCUT2D eigenvalue weighted by Gasteiger charge is -2.26. The van der Waals surface area contributed by atoms with Gasteiger partial charge in [0.25, 0.3) is 0 Å². The summed E-state index contributed by atoms with van der Waals surface area (Å²) in [6, 6.07) is 3.72. The summed E-state index contributed by atoms with van der Waals surface area (Å²) >= 11 is 6.33. The Morgan fingerprint density at radius 3 is 2.57 bits per heavy atom. The summed E-state index contributed by atoms with van der Waals surface area (Å²) in [6.07, 6.45) is 4.16. The van der Waals surface area contributed by atoms with E-state index < -0.39 is 11.0 Å². The van der Waals surface area contributed by atoms with Crippen LogP contribution in [0.25, 0.3) is 0 Å². The number of amides is 1. The second kappa shape index (κ2) is 6.07. The van der Waals surface area contributed by atoms with Gasteiger partial charge < -0.3 is 4.90 Å². The van der Waals surface area contributed by atoms with Gasteiger partial charge in [0.2, 0.25) is 5.91 Å². The summed E-state index contributed by atoms with van der Waals surface area (Å²) in [5.41, 5.74) is 1.93. The zero-order valence-corrected chi connectivity index (χ0v) is 13.7. The van der Waals surface area contributed by atoms with Gasteiger partial charge in [0.1, 0.15) is 11.0 Å². The van der Waals surface area contributed by atoms with Crippen molar-refractivity contribution in [3.8, 4) is 0 Å². The number of hydrogen-bond acceptors (Lipinski definition) is 2. The molecule has 0 aliphatic carbocycles. The first-order valence-corrected chi connectivity index (χ1v) is 8.84. The first kappa shape index (κ1) is 15.0. The molecule has 1 unspecified atom stereocenters. The van der Waals surface area contributed by atoms with Crippen LogP contribution in [0.3, 0.4) is 0 Å². The Hall–Kier alpha value is -0.910. The molecule has 1 saturated heterocycles. The van der Waals surface area contributed by atoms with Crippen LogP contribution in [0.1, 0.15) is 31.7 Å². The Bertz CT molecular complexity index is 600. The van der Waals surface area contributed by atoms with Gasteiger partial charge in [0, 0.05) is 32.2 Å². The summed E-state index contributed by atoms with van der Waals surface area (Å²) in [5, 5.41) is 0.544. The van der Waals surface area contributed by atoms with E-state index in [0.717, 1.165) is 43.6 Å². The molecule has 21 heavy (non-hydrogen) atoms. The molecule has 2 heterocycles. The summed E-state index contributed by atoms with van der Waals surface area (Å²) in [7, 11) is -1.24. The number of carbonyl (C=O) groups excluding carboxylic acids is 1. The van der Waals surface area contributed by atoms with E-state index in [4.69, 9.17) is 11.6 Å². The molecule has 4 nitrogen and oxygen atoms in total. The maximum absolute atomic E-state index is 12.7. The molecule has 1 atom stereocenters. The summed E-state index contributed by atoms with van der Waals surface area (Å²) < 4.78 is 14.7. The monoisotopic (exact) mass is 326 g/mol. The number of hydrogen-bond donors (Lipinski definition) is 0. The van der Waals surface area contributed by atoms with Crippen LogP contribution in [-0.2, 0) is 22.2 Å². The molecule has 2 aliphatic heterocycles. The van der Waals surface area contributed by atoms with Crippen molar-refractivity contribution in [3.05, 3.63) is 22.7 Å². The van der Waals surface area contributed by atoms with Crippen LogP contribution in [0.15, 0.2) is 17.0 Å². The predicted molar refractivity (Wildman–Crippen MR) is 85.0 cm³/mol. The fourth-order valence-corrected chi connectivity index (χ4v) is 4.71. The second-order valence-corrected chi connectivity index (χ2v) is 7.43. The highest BCUT2D eigenvalue weighted by Crippen LogP contribution is 2.35. The van der Waals surface area contributed by atoms with Gasteiger partial charge >= 0.3 is 0 Å². The van der Waals surface area contributed by atoms with Gasteiger partial charge in [-0.25, -0.2) is 8.51 Å². The molecule has 0 saturated carbocycles. The lowest BCUT2D eigenvalue weighted by atomic mass is 10.2. The van der Waals surface area contributed by atoms with E-state index in [0.29, 0.717) is 16.5 Å². The third-order valence-electron chi connectivity index (χ3n) is 4.15. The first-order chi connectivity index (χ1) is 10.1. The largest absolute Gasteiger partial charge is 0.312 e.